The largest absolute Gasteiger partial charge is 0.395 e. The van der Waals surface area contributed by atoms with Crippen molar-refractivity contribution in [2.45, 2.75) is 25.8 Å². The maximum absolute atomic E-state index is 13.5. The molecule has 2 rings (SSSR count). The van der Waals surface area contributed by atoms with E-state index in [-0.39, 0.29) is 48.8 Å². The Hall–Kier alpha value is -1.57. The van der Waals surface area contributed by atoms with Crippen molar-refractivity contribution in [1.82, 2.24) is 10.1 Å². The Morgan fingerprint density at radius 1 is 1.32 bits per heavy atom. The summed E-state index contributed by atoms with van der Waals surface area (Å²) in [6.45, 7) is 1.72. The Kier molecular flexibility index (Phi) is 6.86. The molecule has 2 aromatic rings. The van der Waals surface area contributed by atoms with E-state index >= 15 is 0 Å². The smallest absolute Gasteiger partial charge is 0.231 e. The van der Waals surface area contributed by atoms with E-state index in [9.17, 15) is 8.78 Å². The molecule has 0 fully saturated rings. The third-order valence-electron chi connectivity index (χ3n) is 3.35. The van der Waals surface area contributed by atoms with E-state index in [0.717, 1.165) is 0 Å². The predicted octanol–water partition coefficient (Wildman–Crippen LogP) is 1.86. The molecular weight excluding hydrogens is 316 g/mol. The van der Waals surface area contributed by atoms with Crippen LogP contribution in [0.3, 0.4) is 0 Å². The molecule has 0 aliphatic heterocycles. The van der Waals surface area contributed by atoms with Crippen LogP contribution in [0.25, 0.3) is 0 Å². The fourth-order valence-corrected chi connectivity index (χ4v) is 1.92. The third-order valence-corrected chi connectivity index (χ3v) is 3.35. The lowest BCUT2D eigenvalue weighted by Crippen LogP contribution is -2.33. The van der Waals surface area contributed by atoms with Crippen molar-refractivity contribution in [3.8, 4) is 0 Å². The zero-order valence-corrected chi connectivity index (χ0v) is 12.8. The summed E-state index contributed by atoms with van der Waals surface area (Å²) in [5, 5.41) is 12.7. The van der Waals surface area contributed by atoms with Crippen molar-refractivity contribution in [3.63, 3.8) is 0 Å². The second-order valence-corrected chi connectivity index (χ2v) is 5.01. The average molecular weight is 334 g/mol. The number of benzene rings is 1. The van der Waals surface area contributed by atoms with Gasteiger partial charge in [-0.1, -0.05) is 18.1 Å². The summed E-state index contributed by atoms with van der Waals surface area (Å²) in [6.07, 6.45) is 0.316. The normalized spacial score (nSPS) is 13.5. The van der Waals surface area contributed by atoms with Crippen molar-refractivity contribution in [1.29, 1.82) is 0 Å². The topological polar surface area (TPSA) is 85.2 Å². The SMILES string of the molecule is CC(Cc1noc(Cc2c(F)cccc2F)n1)C(N)CO.Cl. The molecule has 0 saturated carbocycles. The maximum atomic E-state index is 13.5. The molecule has 0 spiro atoms. The third kappa shape index (κ3) is 4.46. The van der Waals surface area contributed by atoms with Crippen LogP contribution >= 0.6 is 12.4 Å². The number of nitrogens with two attached hydrogens (primary N) is 1. The van der Waals surface area contributed by atoms with Gasteiger partial charge in [-0.05, 0) is 18.1 Å². The minimum Gasteiger partial charge on any atom is -0.395 e. The highest BCUT2D eigenvalue weighted by atomic mass is 35.5. The first-order valence-electron chi connectivity index (χ1n) is 6.62. The van der Waals surface area contributed by atoms with Gasteiger partial charge in [0.2, 0.25) is 5.89 Å². The lowest BCUT2D eigenvalue weighted by Gasteiger charge is -2.14. The van der Waals surface area contributed by atoms with Gasteiger partial charge in [0.25, 0.3) is 0 Å². The Morgan fingerprint density at radius 3 is 2.55 bits per heavy atom. The number of rotatable bonds is 6. The molecule has 3 N–H and O–H groups in total. The van der Waals surface area contributed by atoms with Crippen LogP contribution in [0, 0.1) is 17.6 Å². The average Bonchev–Trinajstić information content (AvgIpc) is 2.89. The molecule has 8 heteroatoms. The monoisotopic (exact) mass is 333 g/mol. The van der Waals surface area contributed by atoms with Gasteiger partial charge in [0.05, 0.1) is 13.0 Å². The van der Waals surface area contributed by atoms with E-state index in [2.05, 4.69) is 10.1 Å². The van der Waals surface area contributed by atoms with Crippen LogP contribution in [-0.4, -0.2) is 27.9 Å². The molecule has 5 nitrogen and oxygen atoms in total. The van der Waals surface area contributed by atoms with Crippen LogP contribution in [0.5, 0.6) is 0 Å². The van der Waals surface area contributed by atoms with Crippen molar-refractivity contribution in [3.05, 3.63) is 47.1 Å². The summed E-state index contributed by atoms with van der Waals surface area (Å²) in [7, 11) is 0. The molecule has 2 unspecified atom stereocenters. The summed E-state index contributed by atoms with van der Waals surface area (Å²) < 4.78 is 32.1. The zero-order valence-electron chi connectivity index (χ0n) is 12.0. The molecule has 0 bridgehead atoms. The minimum atomic E-state index is -0.648. The van der Waals surface area contributed by atoms with Gasteiger partial charge < -0.3 is 15.4 Å². The highest BCUT2D eigenvalue weighted by molar-refractivity contribution is 5.85. The Labute approximate surface area is 132 Å². The standard InChI is InChI=1S/C14H17F2N3O2.ClH/c1-8(12(17)7-20)5-13-18-14(21-19-13)6-9-10(15)3-2-4-11(9)16;/h2-4,8,12,20H,5-7,17H2,1H3;1H. The quantitative estimate of drug-likeness (QED) is 0.842. The van der Waals surface area contributed by atoms with Crippen LogP contribution < -0.4 is 5.73 Å². The number of aliphatic hydroxyl groups excluding tert-OH is 1. The number of aliphatic hydroxyl groups is 1. The summed E-state index contributed by atoms with van der Waals surface area (Å²) in [6, 6.07) is 3.28. The second-order valence-electron chi connectivity index (χ2n) is 5.01. The molecule has 1 aromatic carbocycles. The minimum absolute atomic E-state index is 0. The Balaban J connectivity index is 0.00000242. The predicted molar refractivity (Wildman–Crippen MR) is 78.6 cm³/mol. The molecular formula is C14H18ClF2N3O2. The first-order valence-corrected chi connectivity index (χ1v) is 6.62. The van der Waals surface area contributed by atoms with Crippen LogP contribution in [0.4, 0.5) is 8.78 Å². The van der Waals surface area contributed by atoms with Gasteiger partial charge in [0.1, 0.15) is 11.6 Å². The Morgan fingerprint density at radius 2 is 1.95 bits per heavy atom. The van der Waals surface area contributed by atoms with Gasteiger partial charge in [-0.3, -0.25) is 0 Å². The Bertz CT molecular complexity index is 589. The molecule has 0 saturated heterocycles. The zero-order chi connectivity index (χ0) is 15.4. The molecule has 0 aliphatic rings. The van der Waals surface area contributed by atoms with Crippen LogP contribution in [0.1, 0.15) is 24.2 Å². The van der Waals surface area contributed by atoms with Crippen molar-refractivity contribution in [2.24, 2.45) is 11.7 Å². The number of hydrogen-bond donors (Lipinski definition) is 2. The summed E-state index contributed by atoms with van der Waals surface area (Å²) >= 11 is 0. The van der Waals surface area contributed by atoms with E-state index in [4.69, 9.17) is 15.4 Å². The van der Waals surface area contributed by atoms with Gasteiger partial charge in [-0.15, -0.1) is 12.4 Å². The van der Waals surface area contributed by atoms with E-state index in [0.29, 0.717) is 12.2 Å². The number of halogens is 3. The van der Waals surface area contributed by atoms with E-state index < -0.39 is 11.6 Å². The van der Waals surface area contributed by atoms with Crippen LogP contribution in [-0.2, 0) is 12.8 Å². The summed E-state index contributed by atoms with van der Waals surface area (Å²) in [5.74, 6) is -0.793. The molecule has 1 aromatic heterocycles. The number of aromatic nitrogens is 2. The summed E-state index contributed by atoms with van der Waals surface area (Å²) in [5.41, 5.74) is 5.60. The molecule has 22 heavy (non-hydrogen) atoms. The molecule has 2 atom stereocenters. The van der Waals surface area contributed by atoms with E-state index in [1.165, 1.54) is 18.2 Å². The summed E-state index contributed by atoms with van der Waals surface area (Å²) in [4.78, 5) is 4.10. The van der Waals surface area contributed by atoms with Gasteiger partial charge in [-0.25, -0.2) is 8.78 Å². The van der Waals surface area contributed by atoms with Gasteiger partial charge in [0, 0.05) is 18.0 Å². The highest BCUT2D eigenvalue weighted by Crippen LogP contribution is 2.17. The van der Waals surface area contributed by atoms with Crippen molar-refractivity contribution in [2.75, 3.05) is 6.61 Å². The second kappa shape index (κ2) is 8.17. The lowest BCUT2D eigenvalue weighted by atomic mass is 9.99. The first kappa shape index (κ1) is 18.5. The molecule has 1 heterocycles. The fraction of sp³-hybridized carbons (Fsp3) is 0.429. The van der Waals surface area contributed by atoms with E-state index in [1.54, 1.807) is 0 Å². The lowest BCUT2D eigenvalue weighted by molar-refractivity contribution is 0.230. The first-order chi connectivity index (χ1) is 10.0. The van der Waals surface area contributed by atoms with Gasteiger partial charge >= 0.3 is 0 Å². The van der Waals surface area contributed by atoms with Gasteiger partial charge in [0.15, 0.2) is 5.82 Å². The maximum Gasteiger partial charge on any atom is 0.231 e. The molecule has 0 amide bonds. The molecule has 0 radical (unpaired) electrons. The molecule has 0 aliphatic carbocycles. The van der Waals surface area contributed by atoms with Gasteiger partial charge in [-0.2, -0.15) is 4.98 Å². The van der Waals surface area contributed by atoms with Crippen LogP contribution in [0.15, 0.2) is 22.7 Å². The number of nitrogens with zero attached hydrogens (tertiary/aromatic N) is 2. The molecule has 122 valence electrons. The number of hydrogen-bond acceptors (Lipinski definition) is 5. The van der Waals surface area contributed by atoms with E-state index in [1.807, 2.05) is 6.92 Å². The van der Waals surface area contributed by atoms with Crippen molar-refractivity contribution >= 4 is 12.4 Å². The highest BCUT2D eigenvalue weighted by Gasteiger charge is 2.18. The van der Waals surface area contributed by atoms with Crippen LogP contribution in [0.2, 0.25) is 0 Å². The fourth-order valence-electron chi connectivity index (χ4n) is 1.92. The van der Waals surface area contributed by atoms with Crippen molar-refractivity contribution < 1.29 is 18.4 Å².